The van der Waals surface area contributed by atoms with Crippen molar-refractivity contribution in [1.29, 1.82) is 0 Å². The SMILES string of the molecule is CCCCN(CCCC)C(=O)[C@H](CC(C)C)NC(=O)[C@]1(C(=O)[O-])COS(=O)(=O)O1. The topological polar surface area (TPSA) is 142 Å². The van der Waals surface area contributed by atoms with Crippen LogP contribution in [0.4, 0.5) is 0 Å². The Hall–Kier alpha value is -1.72. The maximum absolute atomic E-state index is 13.1. The molecule has 1 aliphatic heterocycles. The molecule has 168 valence electrons. The van der Waals surface area contributed by atoms with Gasteiger partial charge in [0.05, 0.1) is 5.97 Å². The van der Waals surface area contributed by atoms with Crippen LogP contribution in [0.25, 0.3) is 0 Å². The lowest BCUT2D eigenvalue weighted by atomic mass is 9.99. The Morgan fingerprint density at radius 1 is 1.14 bits per heavy atom. The molecule has 1 aliphatic rings. The maximum Gasteiger partial charge on any atom is 0.401 e. The molecule has 1 rings (SSSR count). The molecule has 0 aromatic carbocycles. The lowest BCUT2D eigenvalue weighted by molar-refractivity contribution is -0.319. The van der Waals surface area contributed by atoms with Crippen LogP contribution in [0.15, 0.2) is 0 Å². The zero-order valence-electron chi connectivity index (χ0n) is 17.4. The Morgan fingerprint density at radius 2 is 1.69 bits per heavy atom. The molecule has 11 heteroatoms. The van der Waals surface area contributed by atoms with Crippen molar-refractivity contribution >= 4 is 28.2 Å². The lowest BCUT2D eigenvalue weighted by Crippen LogP contribution is -2.63. The van der Waals surface area contributed by atoms with E-state index in [-0.39, 0.29) is 18.2 Å². The minimum atomic E-state index is -4.64. The van der Waals surface area contributed by atoms with Crippen molar-refractivity contribution in [1.82, 2.24) is 10.2 Å². The molecular weight excluding hydrogens is 404 g/mol. The fourth-order valence-corrected chi connectivity index (χ4v) is 3.78. The highest BCUT2D eigenvalue weighted by atomic mass is 32.3. The first-order valence-corrected chi connectivity index (χ1v) is 11.2. The zero-order valence-corrected chi connectivity index (χ0v) is 18.2. The van der Waals surface area contributed by atoms with E-state index < -0.39 is 40.5 Å². The number of carboxylic acid groups (broad SMARTS) is 1. The number of amides is 2. The van der Waals surface area contributed by atoms with Gasteiger partial charge in [-0.1, -0.05) is 40.5 Å². The molecule has 0 saturated carbocycles. The molecule has 1 heterocycles. The van der Waals surface area contributed by atoms with Gasteiger partial charge in [-0.2, -0.15) is 8.42 Å². The molecule has 0 unspecified atom stereocenters. The van der Waals surface area contributed by atoms with Gasteiger partial charge in [-0.3, -0.25) is 9.59 Å². The third-order valence-corrected chi connectivity index (χ3v) is 5.43. The van der Waals surface area contributed by atoms with Gasteiger partial charge in [-0.25, -0.2) is 8.37 Å². The zero-order chi connectivity index (χ0) is 22.2. The second-order valence-corrected chi connectivity index (χ2v) is 8.78. The quantitative estimate of drug-likeness (QED) is 0.413. The molecule has 2 amide bonds. The summed E-state index contributed by atoms with van der Waals surface area (Å²) in [5.74, 6) is -3.68. The molecule has 0 aromatic rings. The van der Waals surface area contributed by atoms with Crippen LogP contribution in [-0.4, -0.2) is 62.4 Å². The summed E-state index contributed by atoms with van der Waals surface area (Å²) in [5, 5.41) is 13.9. The van der Waals surface area contributed by atoms with E-state index in [1.807, 2.05) is 27.7 Å². The number of hydrogen-bond donors (Lipinski definition) is 1. The van der Waals surface area contributed by atoms with E-state index >= 15 is 0 Å². The summed E-state index contributed by atoms with van der Waals surface area (Å²) in [7, 11) is -4.64. The van der Waals surface area contributed by atoms with Crippen molar-refractivity contribution in [3.8, 4) is 0 Å². The van der Waals surface area contributed by atoms with E-state index in [1.54, 1.807) is 4.90 Å². The average molecular weight is 436 g/mol. The Bertz CT molecular complexity index is 686. The second-order valence-electron chi connectivity index (χ2n) is 7.56. The highest BCUT2D eigenvalue weighted by Gasteiger charge is 2.53. The third kappa shape index (κ3) is 6.93. The molecule has 2 atom stereocenters. The maximum atomic E-state index is 13.1. The molecule has 0 aliphatic carbocycles. The number of rotatable bonds is 12. The lowest BCUT2D eigenvalue weighted by Gasteiger charge is -2.31. The van der Waals surface area contributed by atoms with E-state index in [0.717, 1.165) is 25.7 Å². The minimum absolute atomic E-state index is 0.00633. The number of carbonyl (C=O) groups is 3. The molecule has 1 N–H and O–H groups in total. The van der Waals surface area contributed by atoms with Gasteiger partial charge in [-0.05, 0) is 25.2 Å². The van der Waals surface area contributed by atoms with Crippen LogP contribution in [-0.2, 0) is 33.1 Å². The first kappa shape index (κ1) is 25.3. The first-order chi connectivity index (χ1) is 13.5. The summed E-state index contributed by atoms with van der Waals surface area (Å²) in [6, 6.07) is -1.03. The average Bonchev–Trinajstić information content (AvgIpc) is 2.97. The number of unbranched alkanes of at least 4 members (excludes halogenated alkanes) is 2. The van der Waals surface area contributed by atoms with Crippen LogP contribution in [0.2, 0.25) is 0 Å². The predicted octanol–water partition coefficient (Wildman–Crippen LogP) is -0.274. The number of aliphatic carboxylic acids is 1. The minimum Gasteiger partial charge on any atom is -0.546 e. The summed E-state index contributed by atoms with van der Waals surface area (Å²) in [4.78, 5) is 38.9. The Labute approximate surface area is 172 Å². The highest BCUT2D eigenvalue weighted by Crippen LogP contribution is 2.25. The number of nitrogens with zero attached hydrogens (tertiary/aromatic N) is 1. The number of carbonyl (C=O) groups excluding carboxylic acids is 3. The molecule has 1 fully saturated rings. The highest BCUT2D eigenvalue weighted by molar-refractivity contribution is 7.82. The van der Waals surface area contributed by atoms with Gasteiger partial charge in [0.2, 0.25) is 11.5 Å². The summed E-state index contributed by atoms with van der Waals surface area (Å²) >= 11 is 0. The van der Waals surface area contributed by atoms with Gasteiger partial charge in [0.25, 0.3) is 5.91 Å². The summed E-state index contributed by atoms with van der Waals surface area (Å²) in [5.41, 5.74) is -2.86. The normalized spacial score (nSPS) is 21.7. The van der Waals surface area contributed by atoms with Crippen LogP contribution in [0, 0.1) is 5.92 Å². The molecule has 10 nitrogen and oxygen atoms in total. The van der Waals surface area contributed by atoms with Crippen molar-refractivity contribution in [2.24, 2.45) is 5.92 Å². The van der Waals surface area contributed by atoms with Gasteiger partial charge in [-0.15, -0.1) is 0 Å². The van der Waals surface area contributed by atoms with Crippen molar-refractivity contribution < 1.29 is 36.3 Å². The van der Waals surface area contributed by atoms with E-state index in [9.17, 15) is 27.9 Å². The molecule has 0 radical (unpaired) electrons. The van der Waals surface area contributed by atoms with E-state index in [1.165, 1.54) is 0 Å². The predicted molar refractivity (Wildman–Crippen MR) is 101 cm³/mol. The monoisotopic (exact) mass is 435 g/mol. The Balaban J connectivity index is 3.08. The summed E-state index contributed by atoms with van der Waals surface area (Å²) in [6.07, 6.45) is 3.59. The molecule has 0 spiro atoms. The Morgan fingerprint density at radius 3 is 2.07 bits per heavy atom. The van der Waals surface area contributed by atoms with Crippen molar-refractivity contribution in [2.75, 3.05) is 19.7 Å². The second kappa shape index (κ2) is 10.9. The molecular formula is C18H31N2O8S-. The van der Waals surface area contributed by atoms with Gasteiger partial charge < -0.3 is 20.1 Å². The van der Waals surface area contributed by atoms with Gasteiger partial charge in [0, 0.05) is 13.1 Å². The van der Waals surface area contributed by atoms with Crippen LogP contribution in [0.1, 0.15) is 59.8 Å². The number of nitrogens with one attached hydrogen (secondary N) is 1. The van der Waals surface area contributed by atoms with Gasteiger partial charge in [0.1, 0.15) is 12.6 Å². The number of carboxylic acids is 1. The van der Waals surface area contributed by atoms with E-state index in [2.05, 4.69) is 13.7 Å². The van der Waals surface area contributed by atoms with Gasteiger partial charge in [0.15, 0.2) is 0 Å². The van der Waals surface area contributed by atoms with Crippen LogP contribution < -0.4 is 10.4 Å². The summed E-state index contributed by atoms with van der Waals surface area (Å²) in [6.45, 7) is 7.67. The van der Waals surface area contributed by atoms with Crippen LogP contribution in [0.5, 0.6) is 0 Å². The summed E-state index contributed by atoms with van der Waals surface area (Å²) < 4.78 is 31.5. The standard InChI is InChI=1S/C18H32N2O8S/c1-5-7-9-20(10-8-6-2)15(21)14(11-13(3)4)19-16(22)18(17(23)24)12-27-29(25,26)28-18/h13-14H,5-12H2,1-4H3,(H,19,22)(H,23,24)/p-1/t14-,18-/m0/s1. The van der Waals surface area contributed by atoms with Crippen molar-refractivity contribution in [3.05, 3.63) is 0 Å². The number of hydrogen-bond acceptors (Lipinski definition) is 8. The van der Waals surface area contributed by atoms with Crippen molar-refractivity contribution in [3.63, 3.8) is 0 Å². The van der Waals surface area contributed by atoms with E-state index in [0.29, 0.717) is 13.1 Å². The molecule has 0 bridgehead atoms. The molecule has 1 saturated heterocycles. The van der Waals surface area contributed by atoms with Crippen LogP contribution in [0.3, 0.4) is 0 Å². The fraction of sp³-hybridized carbons (Fsp3) is 0.833. The smallest absolute Gasteiger partial charge is 0.401 e. The fourth-order valence-electron chi connectivity index (χ4n) is 2.88. The van der Waals surface area contributed by atoms with Crippen molar-refractivity contribution in [2.45, 2.75) is 71.4 Å². The third-order valence-electron chi connectivity index (χ3n) is 4.53. The molecule has 29 heavy (non-hydrogen) atoms. The van der Waals surface area contributed by atoms with E-state index in [4.69, 9.17) is 0 Å². The largest absolute Gasteiger partial charge is 0.546 e. The Kier molecular flexibility index (Phi) is 9.50. The first-order valence-electron chi connectivity index (χ1n) is 9.90. The van der Waals surface area contributed by atoms with Crippen LogP contribution >= 0.6 is 0 Å². The molecule has 0 aromatic heterocycles. The van der Waals surface area contributed by atoms with Gasteiger partial charge >= 0.3 is 10.4 Å².